The van der Waals surface area contributed by atoms with Crippen LogP contribution in [0.2, 0.25) is 0 Å². The zero-order chi connectivity index (χ0) is 20.3. The lowest BCUT2D eigenvalue weighted by Gasteiger charge is -2.32. The predicted octanol–water partition coefficient (Wildman–Crippen LogP) is 2.24. The van der Waals surface area contributed by atoms with Gasteiger partial charge in [-0.3, -0.25) is 4.79 Å². The molecule has 28 heavy (non-hydrogen) atoms. The van der Waals surface area contributed by atoms with E-state index in [9.17, 15) is 13.2 Å². The van der Waals surface area contributed by atoms with E-state index in [0.717, 1.165) is 5.56 Å². The molecule has 1 aliphatic heterocycles. The van der Waals surface area contributed by atoms with E-state index in [0.29, 0.717) is 36.6 Å². The topological polar surface area (TPSA) is 87.7 Å². The fraction of sp³-hybridized carbons (Fsp3) is 0.350. The molecule has 0 aromatic heterocycles. The Morgan fingerprint density at radius 2 is 1.93 bits per heavy atom. The molecule has 0 saturated carbocycles. The molecule has 3 rings (SSSR count). The van der Waals surface area contributed by atoms with Gasteiger partial charge in [0.05, 0.1) is 12.0 Å². The van der Waals surface area contributed by atoms with Gasteiger partial charge in [0, 0.05) is 36.9 Å². The Balaban J connectivity index is 1.74. The average Bonchev–Trinajstić information content (AvgIpc) is 2.68. The van der Waals surface area contributed by atoms with Gasteiger partial charge in [-0.05, 0) is 61.9 Å². The summed E-state index contributed by atoms with van der Waals surface area (Å²) < 4.78 is 32.4. The fourth-order valence-corrected chi connectivity index (χ4v) is 4.88. The first kappa shape index (κ1) is 20.3. The van der Waals surface area contributed by atoms with Gasteiger partial charge >= 0.3 is 0 Å². The average molecular weight is 404 g/mol. The van der Waals surface area contributed by atoms with Gasteiger partial charge in [0.1, 0.15) is 5.75 Å². The SMILES string of the molecule is COc1ccc(C(=O)Nc2ccc(S(=O)(=O)N3CCNCC3C)cc2)cc1C. The second-order valence-electron chi connectivity index (χ2n) is 6.83. The maximum absolute atomic E-state index is 12.8. The first-order valence-electron chi connectivity index (χ1n) is 9.11. The first-order valence-corrected chi connectivity index (χ1v) is 10.6. The number of ether oxygens (including phenoxy) is 1. The number of methoxy groups -OCH3 is 1. The van der Waals surface area contributed by atoms with E-state index in [4.69, 9.17) is 4.74 Å². The lowest BCUT2D eigenvalue weighted by Crippen LogP contribution is -2.52. The summed E-state index contributed by atoms with van der Waals surface area (Å²) in [6.07, 6.45) is 0. The number of carbonyl (C=O) groups excluding carboxylic acids is 1. The molecule has 8 heteroatoms. The second kappa shape index (κ2) is 8.30. The predicted molar refractivity (Wildman–Crippen MR) is 108 cm³/mol. The summed E-state index contributed by atoms with van der Waals surface area (Å²) >= 11 is 0. The molecule has 0 bridgehead atoms. The van der Waals surface area contributed by atoms with Crippen LogP contribution >= 0.6 is 0 Å². The third-order valence-electron chi connectivity index (χ3n) is 4.82. The third kappa shape index (κ3) is 4.19. The Morgan fingerprint density at radius 3 is 2.54 bits per heavy atom. The normalized spacial score (nSPS) is 17.9. The van der Waals surface area contributed by atoms with Crippen LogP contribution in [-0.4, -0.2) is 51.4 Å². The highest BCUT2D eigenvalue weighted by molar-refractivity contribution is 7.89. The Hall–Kier alpha value is -2.42. The number of amides is 1. The van der Waals surface area contributed by atoms with Crippen LogP contribution in [0.1, 0.15) is 22.8 Å². The Bertz CT molecular complexity index is 958. The number of carbonyl (C=O) groups is 1. The molecule has 1 aliphatic rings. The summed E-state index contributed by atoms with van der Waals surface area (Å²) in [6.45, 7) is 5.47. The molecule has 1 saturated heterocycles. The van der Waals surface area contributed by atoms with E-state index >= 15 is 0 Å². The molecule has 0 radical (unpaired) electrons. The summed E-state index contributed by atoms with van der Waals surface area (Å²) in [7, 11) is -1.97. The Labute approximate surface area is 165 Å². The molecule has 2 aromatic carbocycles. The van der Waals surface area contributed by atoms with E-state index < -0.39 is 10.0 Å². The molecule has 2 N–H and O–H groups in total. The maximum atomic E-state index is 12.8. The van der Waals surface area contributed by atoms with Crippen molar-refractivity contribution in [1.29, 1.82) is 0 Å². The van der Waals surface area contributed by atoms with Crippen LogP contribution in [0.5, 0.6) is 5.75 Å². The molecule has 1 fully saturated rings. The van der Waals surface area contributed by atoms with Crippen LogP contribution in [0.4, 0.5) is 5.69 Å². The smallest absolute Gasteiger partial charge is 0.255 e. The minimum Gasteiger partial charge on any atom is -0.496 e. The van der Waals surface area contributed by atoms with Crippen LogP contribution in [-0.2, 0) is 10.0 Å². The highest BCUT2D eigenvalue weighted by Gasteiger charge is 2.30. The number of nitrogens with one attached hydrogen (secondary N) is 2. The highest BCUT2D eigenvalue weighted by Crippen LogP contribution is 2.22. The van der Waals surface area contributed by atoms with Gasteiger partial charge in [-0.2, -0.15) is 4.31 Å². The molecular formula is C20H25N3O4S. The quantitative estimate of drug-likeness (QED) is 0.799. The third-order valence-corrected chi connectivity index (χ3v) is 6.84. The van der Waals surface area contributed by atoms with Gasteiger partial charge in [0.15, 0.2) is 0 Å². The number of aryl methyl sites for hydroxylation is 1. The van der Waals surface area contributed by atoms with Crippen molar-refractivity contribution < 1.29 is 17.9 Å². The molecule has 1 unspecified atom stereocenters. The molecule has 150 valence electrons. The van der Waals surface area contributed by atoms with Gasteiger partial charge in [-0.15, -0.1) is 0 Å². The van der Waals surface area contributed by atoms with Crippen molar-refractivity contribution >= 4 is 21.6 Å². The zero-order valence-electron chi connectivity index (χ0n) is 16.2. The minimum atomic E-state index is -3.56. The van der Waals surface area contributed by atoms with Crippen LogP contribution in [0, 0.1) is 6.92 Å². The number of hydrogen-bond donors (Lipinski definition) is 2. The summed E-state index contributed by atoms with van der Waals surface area (Å²) in [5.74, 6) is 0.449. The number of benzene rings is 2. The Morgan fingerprint density at radius 1 is 1.21 bits per heavy atom. The lowest BCUT2D eigenvalue weighted by atomic mass is 10.1. The zero-order valence-corrected chi connectivity index (χ0v) is 17.0. The molecule has 1 heterocycles. The Kier molecular flexibility index (Phi) is 6.02. The van der Waals surface area contributed by atoms with Crippen LogP contribution in [0.15, 0.2) is 47.4 Å². The van der Waals surface area contributed by atoms with E-state index in [-0.39, 0.29) is 16.8 Å². The summed E-state index contributed by atoms with van der Waals surface area (Å²) in [4.78, 5) is 12.7. The molecule has 0 spiro atoms. The van der Waals surface area contributed by atoms with E-state index in [1.54, 1.807) is 37.4 Å². The molecule has 1 atom stereocenters. The maximum Gasteiger partial charge on any atom is 0.255 e. The monoisotopic (exact) mass is 403 g/mol. The standard InChI is InChI=1S/C20H25N3O4S/c1-14-12-16(4-9-19(14)27-3)20(24)22-17-5-7-18(8-6-17)28(25,26)23-11-10-21-13-15(23)2/h4-9,12,15,21H,10-11,13H2,1-3H3,(H,22,24). The summed E-state index contributed by atoms with van der Waals surface area (Å²) in [5.41, 5.74) is 1.90. The van der Waals surface area contributed by atoms with Crippen molar-refractivity contribution in [2.75, 3.05) is 32.1 Å². The van der Waals surface area contributed by atoms with E-state index in [1.165, 1.54) is 16.4 Å². The van der Waals surface area contributed by atoms with E-state index in [2.05, 4.69) is 10.6 Å². The number of nitrogens with zero attached hydrogens (tertiary/aromatic N) is 1. The molecule has 1 amide bonds. The van der Waals surface area contributed by atoms with E-state index in [1.807, 2.05) is 13.8 Å². The van der Waals surface area contributed by atoms with Gasteiger partial charge in [-0.25, -0.2) is 8.42 Å². The number of piperazine rings is 1. The minimum absolute atomic E-state index is 0.101. The van der Waals surface area contributed by atoms with Crippen LogP contribution < -0.4 is 15.4 Å². The molecular weight excluding hydrogens is 378 g/mol. The van der Waals surface area contributed by atoms with Crippen molar-refractivity contribution in [2.45, 2.75) is 24.8 Å². The van der Waals surface area contributed by atoms with Crippen molar-refractivity contribution in [2.24, 2.45) is 0 Å². The van der Waals surface area contributed by atoms with Crippen molar-refractivity contribution in [1.82, 2.24) is 9.62 Å². The molecule has 0 aliphatic carbocycles. The number of anilines is 1. The number of rotatable bonds is 5. The van der Waals surface area contributed by atoms with Gasteiger partial charge in [-0.1, -0.05) is 0 Å². The highest BCUT2D eigenvalue weighted by atomic mass is 32.2. The van der Waals surface area contributed by atoms with Crippen molar-refractivity contribution in [3.05, 3.63) is 53.6 Å². The van der Waals surface area contributed by atoms with Crippen molar-refractivity contribution in [3.8, 4) is 5.75 Å². The lowest BCUT2D eigenvalue weighted by molar-refractivity contribution is 0.102. The van der Waals surface area contributed by atoms with Crippen molar-refractivity contribution in [3.63, 3.8) is 0 Å². The molecule has 7 nitrogen and oxygen atoms in total. The number of sulfonamides is 1. The second-order valence-corrected chi connectivity index (χ2v) is 8.72. The summed E-state index contributed by atoms with van der Waals surface area (Å²) in [5, 5.41) is 5.98. The number of hydrogen-bond acceptors (Lipinski definition) is 5. The van der Waals surface area contributed by atoms with Gasteiger partial charge in [0.25, 0.3) is 5.91 Å². The largest absolute Gasteiger partial charge is 0.496 e. The molecule has 2 aromatic rings. The summed E-state index contributed by atoms with van der Waals surface area (Å²) in [6, 6.07) is 11.3. The fourth-order valence-electron chi connectivity index (χ4n) is 3.25. The first-order chi connectivity index (χ1) is 13.3. The van der Waals surface area contributed by atoms with Crippen LogP contribution in [0.25, 0.3) is 0 Å². The van der Waals surface area contributed by atoms with Crippen LogP contribution in [0.3, 0.4) is 0 Å². The van der Waals surface area contributed by atoms with Gasteiger partial charge < -0.3 is 15.4 Å². The van der Waals surface area contributed by atoms with Gasteiger partial charge in [0.2, 0.25) is 10.0 Å².